The normalized spacial score (nSPS) is 10.7. The van der Waals surface area contributed by atoms with Crippen LogP contribution >= 0.6 is 23.4 Å². The van der Waals surface area contributed by atoms with Crippen molar-refractivity contribution in [3.05, 3.63) is 70.0 Å². The number of hydrogen-bond acceptors (Lipinski definition) is 6. The summed E-state index contributed by atoms with van der Waals surface area (Å²) < 4.78 is 7.14. The van der Waals surface area contributed by atoms with E-state index in [2.05, 4.69) is 15.5 Å². The molecule has 0 fully saturated rings. The number of amides is 1. The summed E-state index contributed by atoms with van der Waals surface area (Å²) >= 11 is 7.15. The van der Waals surface area contributed by atoms with E-state index in [9.17, 15) is 4.79 Å². The molecule has 2 aromatic carbocycles. The fourth-order valence-electron chi connectivity index (χ4n) is 2.64. The molecule has 0 aliphatic carbocycles. The first-order chi connectivity index (χ1) is 13.9. The Morgan fingerprint density at radius 2 is 2.07 bits per heavy atom. The van der Waals surface area contributed by atoms with Gasteiger partial charge < -0.3 is 15.9 Å². The predicted molar refractivity (Wildman–Crippen MR) is 114 cm³/mol. The number of aryl methyl sites for hydroxylation is 2. The van der Waals surface area contributed by atoms with E-state index in [0.29, 0.717) is 22.5 Å². The van der Waals surface area contributed by atoms with Crippen LogP contribution < -0.4 is 15.9 Å². The van der Waals surface area contributed by atoms with Crippen molar-refractivity contribution in [1.29, 1.82) is 0 Å². The number of carbonyl (C=O) groups is 1. The molecule has 1 amide bonds. The Balaban J connectivity index is 1.49. The average Bonchev–Trinajstić information content (AvgIpc) is 3.04. The van der Waals surface area contributed by atoms with Gasteiger partial charge in [0, 0.05) is 11.6 Å². The summed E-state index contributed by atoms with van der Waals surface area (Å²) in [5.41, 5.74) is 3.15. The Morgan fingerprint density at radius 1 is 1.24 bits per heavy atom. The first-order valence-corrected chi connectivity index (χ1v) is 10.3. The van der Waals surface area contributed by atoms with Gasteiger partial charge in [0.05, 0.1) is 5.75 Å². The highest BCUT2D eigenvalue weighted by atomic mass is 35.5. The van der Waals surface area contributed by atoms with E-state index < -0.39 is 0 Å². The zero-order valence-corrected chi connectivity index (χ0v) is 17.8. The van der Waals surface area contributed by atoms with Gasteiger partial charge in [-0.25, -0.2) is 4.68 Å². The van der Waals surface area contributed by atoms with Gasteiger partial charge in [0.2, 0.25) is 11.1 Å². The molecule has 1 aromatic heterocycles. The number of nitrogens with zero attached hydrogens (tertiary/aromatic N) is 3. The largest absolute Gasteiger partial charge is 0.485 e. The highest BCUT2D eigenvalue weighted by molar-refractivity contribution is 7.99. The van der Waals surface area contributed by atoms with Crippen LogP contribution in [-0.2, 0) is 17.9 Å². The van der Waals surface area contributed by atoms with Gasteiger partial charge in [-0.15, -0.1) is 10.2 Å². The predicted octanol–water partition coefficient (Wildman–Crippen LogP) is 3.25. The highest BCUT2D eigenvalue weighted by Gasteiger charge is 2.13. The lowest BCUT2D eigenvalue weighted by molar-refractivity contribution is -0.118. The maximum atomic E-state index is 12.1. The van der Waals surface area contributed by atoms with Crippen molar-refractivity contribution in [2.24, 2.45) is 0 Å². The van der Waals surface area contributed by atoms with Crippen LogP contribution in [0, 0.1) is 13.8 Å². The highest BCUT2D eigenvalue weighted by Crippen LogP contribution is 2.20. The molecule has 0 radical (unpaired) electrons. The van der Waals surface area contributed by atoms with E-state index in [1.165, 1.54) is 22.0 Å². The SMILES string of the molecule is Cc1ccc(OCc2nnc(SCC(=O)NCc3cccc(Cl)c3)n2N)c(C)c1. The molecule has 3 aromatic rings. The minimum absolute atomic E-state index is 0.133. The van der Waals surface area contributed by atoms with Crippen molar-refractivity contribution < 1.29 is 9.53 Å². The van der Waals surface area contributed by atoms with E-state index in [1.54, 1.807) is 6.07 Å². The molecule has 152 valence electrons. The van der Waals surface area contributed by atoms with Crippen molar-refractivity contribution in [1.82, 2.24) is 20.2 Å². The number of benzene rings is 2. The first kappa shape index (κ1) is 21.0. The zero-order valence-electron chi connectivity index (χ0n) is 16.2. The minimum Gasteiger partial charge on any atom is -0.485 e. The summed E-state index contributed by atoms with van der Waals surface area (Å²) in [4.78, 5) is 12.1. The number of ether oxygens (including phenoxy) is 1. The molecular formula is C20H22ClN5O2S. The van der Waals surface area contributed by atoms with Gasteiger partial charge in [-0.2, -0.15) is 0 Å². The molecule has 0 bridgehead atoms. The number of hydrogen-bond donors (Lipinski definition) is 2. The zero-order chi connectivity index (χ0) is 20.8. The van der Waals surface area contributed by atoms with Crippen LogP contribution in [0.1, 0.15) is 22.5 Å². The lowest BCUT2D eigenvalue weighted by atomic mass is 10.1. The molecule has 9 heteroatoms. The van der Waals surface area contributed by atoms with Gasteiger partial charge in [0.25, 0.3) is 0 Å². The average molecular weight is 432 g/mol. The molecule has 0 saturated carbocycles. The monoisotopic (exact) mass is 431 g/mol. The number of halogens is 1. The molecule has 0 unspecified atom stereocenters. The quantitative estimate of drug-likeness (QED) is 0.420. The van der Waals surface area contributed by atoms with Crippen molar-refractivity contribution in [3.8, 4) is 5.75 Å². The maximum absolute atomic E-state index is 12.1. The Hall–Kier alpha value is -2.71. The van der Waals surface area contributed by atoms with Crippen LogP contribution in [0.4, 0.5) is 0 Å². The number of aromatic nitrogens is 3. The Morgan fingerprint density at radius 3 is 2.83 bits per heavy atom. The van der Waals surface area contributed by atoms with Crippen LogP contribution in [-0.4, -0.2) is 26.5 Å². The Bertz CT molecular complexity index is 1010. The number of rotatable bonds is 8. The molecule has 0 spiro atoms. The summed E-state index contributed by atoms with van der Waals surface area (Å²) in [7, 11) is 0. The molecule has 0 atom stereocenters. The summed E-state index contributed by atoms with van der Waals surface area (Å²) in [5.74, 6) is 7.33. The number of thioether (sulfide) groups is 1. The summed E-state index contributed by atoms with van der Waals surface area (Å²) in [6.45, 7) is 4.61. The molecule has 29 heavy (non-hydrogen) atoms. The fraction of sp³-hybridized carbons (Fsp3) is 0.250. The number of nitrogen functional groups attached to an aromatic ring is 1. The number of carbonyl (C=O) groups excluding carboxylic acids is 1. The first-order valence-electron chi connectivity index (χ1n) is 8.95. The summed E-state index contributed by atoms with van der Waals surface area (Å²) in [5, 5.41) is 12.0. The third-order valence-corrected chi connectivity index (χ3v) is 5.31. The molecular weight excluding hydrogens is 410 g/mol. The van der Waals surface area contributed by atoms with E-state index >= 15 is 0 Å². The van der Waals surface area contributed by atoms with Crippen molar-refractivity contribution in [2.75, 3.05) is 11.6 Å². The topological polar surface area (TPSA) is 95.1 Å². The van der Waals surface area contributed by atoms with Gasteiger partial charge in [0.15, 0.2) is 5.82 Å². The lowest BCUT2D eigenvalue weighted by Crippen LogP contribution is -2.25. The van der Waals surface area contributed by atoms with Gasteiger partial charge in [-0.05, 0) is 43.2 Å². The number of nitrogens with one attached hydrogen (secondary N) is 1. The molecule has 0 aliphatic heterocycles. The standard InChI is InChI=1S/C20H22ClN5O2S/c1-13-6-7-17(14(2)8-13)28-11-18-24-25-20(26(18)22)29-12-19(27)23-10-15-4-3-5-16(21)9-15/h3-9H,10-12,22H2,1-2H3,(H,23,27). The van der Waals surface area contributed by atoms with Crippen molar-refractivity contribution in [2.45, 2.75) is 32.2 Å². The maximum Gasteiger partial charge on any atom is 0.230 e. The Labute approximate surface area is 178 Å². The molecule has 1 heterocycles. The molecule has 3 rings (SSSR count). The third-order valence-electron chi connectivity index (χ3n) is 4.13. The smallest absolute Gasteiger partial charge is 0.230 e. The third kappa shape index (κ3) is 5.88. The fourth-order valence-corrected chi connectivity index (χ4v) is 3.55. The second-order valence-electron chi connectivity index (χ2n) is 6.52. The van der Waals surface area contributed by atoms with Crippen LogP contribution in [0.15, 0.2) is 47.6 Å². The minimum atomic E-state index is -0.133. The van der Waals surface area contributed by atoms with Gasteiger partial charge in [-0.1, -0.05) is 53.2 Å². The lowest BCUT2D eigenvalue weighted by Gasteiger charge is -2.09. The number of nitrogens with two attached hydrogens (primary N) is 1. The van der Waals surface area contributed by atoms with Gasteiger partial charge in [-0.3, -0.25) is 4.79 Å². The van der Waals surface area contributed by atoms with E-state index in [0.717, 1.165) is 16.9 Å². The summed E-state index contributed by atoms with van der Waals surface area (Å²) in [6.07, 6.45) is 0. The van der Waals surface area contributed by atoms with Crippen LogP contribution in [0.3, 0.4) is 0 Å². The van der Waals surface area contributed by atoms with Gasteiger partial charge >= 0.3 is 0 Å². The molecule has 0 saturated heterocycles. The van der Waals surface area contributed by atoms with Crippen LogP contribution in [0.2, 0.25) is 5.02 Å². The van der Waals surface area contributed by atoms with Crippen LogP contribution in [0.5, 0.6) is 5.75 Å². The van der Waals surface area contributed by atoms with E-state index in [4.69, 9.17) is 22.2 Å². The summed E-state index contributed by atoms with van der Waals surface area (Å²) in [6, 6.07) is 13.3. The second kappa shape index (κ2) is 9.67. The van der Waals surface area contributed by atoms with Crippen molar-refractivity contribution >= 4 is 29.3 Å². The van der Waals surface area contributed by atoms with Gasteiger partial charge in [0.1, 0.15) is 12.4 Å². The van der Waals surface area contributed by atoms with E-state index in [1.807, 2.05) is 50.2 Å². The molecule has 7 nitrogen and oxygen atoms in total. The Kier molecular flexibility index (Phi) is 7.00. The van der Waals surface area contributed by atoms with E-state index in [-0.39, 0.29) is 18.3 Å². The molecule has 0 aliphatic rings. The van der Waals surface area contributed by atoms with Crippen molar-refractivity contribution in [3.63, 3.8) is 0 Å². The second-order valence-corrected chi connectivity index (χ2v) is 7.90. The molecule has 3 N–H and O–H groups in total. The van der Waals surface area contributed by atoms with Crippen LogP contribution in [0.25, 0.3) is 0 Å².